The average molecular weight is 619 g/mol. The standard InChI is InChI=1S/C32H70O5Si3/c1-25(36-39(15,16)30(5,6)7)22-20-19-21-23-26-28(35-32(11,12)34-26)27(37-40(17,18)31(8,9)10)24-33-38(13,14)29(2,3)4/h25-28H,19-24H2,1-18H3/t25-,26+,27-,28+/m1/s1. The maximum absolute atomic E-state index is 7.07. The van der Waals surface area contributed by atoms with Gasteiger partial charge in [-0.15, -0.1) is 0 Å². The highest BCUT2D eigenvalue weighted by molar-refractivity contribution is 6.75. The molecule has 0 spiro atoms. The molecule has 1 aliphatic rings. The van der Waals surface area contributed by atoms with Crippen LogP contribution in [0.15, 0.2) is 0 Å². The monoisotopic (exact) mass is 618 g/mol. The summed E-state index contributed by atoms with van der Waals surface area (Å²) in [5, 5.41) is 0.502. The first-order chi connectivity index (χ1) is 17.6. The van der Waals surface area contributed by atoms with Crippen molar-refractivity contribution in [1.29, 1.82) is 0 Å². The normalized spacial score (nSPS) is 22.9. The third-order valence-corrected chi connectivity index (χ3v) is 23.8. The molecule has 8 heteroatoms. The van der Waals surface area contributed by atoms with Crippen LogP contribution in [-0.2, 0) is 22.8 Å². The Kier molecular flexibility index (Phi) is 13.1. The van der Waals surface area contributed by atoms with Crippen molar-refractivity contribution in [2.45, 2.75) is 200 Å². The number of ether oxygens (including phenoxy) is 2. The summed E-state index contributed by atoms with van der Waals surface area (Å²) in [4.78, 5) is 0. The summed E-state index contributed by atoms with van der Waals surface area (Å²) in [5.41, 5.74) is 0. The lowest BCUT2D eigenvalue weighted by Gasteiger charge is -2.43. The molecule has 240 valence electrons. The molecule has 0 N–H and O–H groups in total. The Balaban J connectivity index is 2.92. The third-order valence-electron chi connectivity index (χ3n) is 10.2. The molecular formula is C32H70O5Si3. The fourth-order valence-electron chi connectivity index (χ4n) is 4.35. The highest BCUT2D eigenvalue weighted by Crippen LogP contribution is 2.42. The molecule has 40 heavy (non-hydrogen) atoms. The van der Waals surface area contributed by atoms with Gasteiger partial charge in [-0.2, -0.15) is 0 Å². The summed E-state index contributed by atoms with van der Waals surface area (Å²) in [6.45, 7) is 41.6. The maximum atomic E-state index is 7.07. The maximum Gasteiger partial charge on any atom is 0.192 e. The van der Waals surface area contributed by atoms with Crippen molar-refractivity contribution in [2.24, 2.45) is 0 Å². The third kappa shape index (κ3) is 11.2. The van der Waals surface area contributed by atoms with Crippen LogP contribution in [0.2, 0.25) is 54.4 Å². The molecule has 0 aromatic heterocycles. The summed E-state index contributed by atoms with van der Waals surface area (Å²) in [5.74, 6) is -0.618. The number of unbranched alkanes of at least 4 members (excludes halogenated alkanes) is 2. The van der Waals surface area contributed by atoms with E-state index in [0.29, 0.717) is 12.7 Å². The summed E-state index contributed by atoms with van der Waals surface area (Å²) >= 11 is 0. The van der Waals surface area contributed by atoms with Gasteiger partial charge in [0, 0.05) is 6.10 Å². The van der Waals surface area contributed by atoms with E-state index in [1.807, 2.05) is 13.8 Å². The van der Waals surface area contributed by atoms with Crippen LogP contribution in [0.5, 0.6) is 0 Å². The molecule has 1 rings (SSSR count). The lowest BCUT2D eigenvalue weighted by atomic mass is 10.0. The van der Waals surface area contributed by atoms with Crippen LogP contribution in [0.4, 0.5) is 0 Å². The van der Waals surface area contributed by atoms with Crippen molar-refractivity contribution < 1.29 is 22.8 Å². The van der Waals surface area contributed by atoms with Crippen molar-refractivity contribution in [3.8, 4) is 0 Å². The fraction of sp³-hybridized carbons (Fsp3) is 1.00. The highest BCUT2D eigenvalue weighted by atomic mass is 28.4. The predicted octanol–water partition coefficient (Wildman–Crippen LogP) is 10.3. The van der Waals surface area contributed by atoms with Crippen molar-refractivity contribution in [2.75, 3.05) is 6.61 Å². The van der Waals surface area contributed by atoms with Crippen LogP contribution < -0.4 is 0 Å². The first kappa shape index (κ1) is 38.5. The van der Waals surface area contributed by atoms with Crippen LogP contribution in [-0.4, -0.2) is 61.8 Å². The van der Waals surface area contributed by atoms with E-state index in [1.165, 1.54) is 12.8 Å². The van der Waals surface area contributed by atoms with Gasteiger partial charge >= 0.3 is 0 Å². The van der Waals surface area contributed by atoms with E-state index in [-0.39, 0.29) is 33.4 Å². The van der Waals surface area contributed by atoms with Crippen molar-refractivity contribution in [3.05, 3.63) is 0 Å². The Hall–Kier alpha value is 0.451. The summed E-state index contributed by atoms with van der Waals surface area (Å²) in [7, 11) is -5.72. The number of hydrogen-bond acceptors (Lipinski definition) is 5. The molecule has 0 aliphatic carbocycles. The molecule has 0 amide bonds. The van der Waals surface area contributed by atoms with E-state index in [0.717, 1.165) is 19.3 Å². The summed E-state index contributed by atoms with van der Waals surface area (Å²) < 4.78 is 33.5. The molecule has 1 saturated heterocycles. The first-order valence-corrected chi connectivity index (χ1v) is 24.7. The fourth-order valence-corrected chi connectivity index (χ4v) is 8.16. The van der Waals surface area contributed by atoms with Gasteiger partial charge in [0.2, 0.25) is 0 Å². The second kappa shape index (κ2) is 13.6. The Morgan fingerprint density at radius 2 is 1.15 bits per heavy atom. The zero-order valence-corrected chi connectivity index (χ0v) is 33.1. The molecule has 0 aromatic carbocycles. The van der Waals surface area contributed by atoms with Gasteiger partial charge in [0.1, 0.15) is 6.10 Å². The molecule has 1 fully saturated rings. The molecule has 0 saturated carbocycles. The Morgan fingerprint density at radius 3 is 1.62 bits per heavy atom. The lowest BCUT2D eigenvalue weighted by molar-refractivity contribution is -0.156. The summed E-state index contributed by atoms with van der Waals surface area (Å²) in [6.07, 6.45) is 5.60. The minimum absolute atomic E-state index is 0.00805. The smallest absolute Gasteiger partial charge is 0.192 e. The van der Waals surface area contributed by atoms with E-state index in [4.69, 9.17) is 22.8 Å². The van der Waals surface area contributed by atoms with Gasteiger partial charge in [-0.3, -0.25) is 0 Å². The minimum Gasteiger partial charge on any atom is -0.414 e. The lowest BCUT2D eigenvalue weighted by Crippen LogP contribution is -2.53. The van der Waals surface area contributed by atoms with Crippen LogP contribution in [0.25, 0.3) is 0 Å². The van der Waals surface area contributed by atoms with Crippen LogP contribution in [0.1, 0.15) is 115 Å². The van der Waals surface area contributed by atoms with Gasteiger partial charge in [0.15, 0.2) is 30.7 Å². The van der Waals surface area contributed by atoms with Gasteiger partial charge in [-0.05, 0) is 88.0 Å². The number of hydrogen-bond donors (Lipinski definition) is 0. The molecule has 1 aliphatic heterocycles. The quantitative estimate of drug-likeness (QED) is 0.143. The van der Waals surface area contributed by atoms with Gasteiger partial charge < -0.3 is 22.8 Å². The van der Waals surface area contributed by atoms with Crippen LogP contribution in [0.3, 0.4) is 0 Å². The molecule has 4 atom stereocenters. The van der Waals surface area contributed by atoms with E-state index < -0.39 is 30.7 Å². The van der Waals surface area contributed by atoms with Gasteiger partial charge in [-0.1, -0.05) is 81.6 Å². The van der Waals surface area contributed by atoms with Gasteiger partial charge in [0.25, 0.3) is 0 Å². The summed E-state index contributed by atoms with van der Waals surface area (Å²) in [6, 6.07) is 0. The Labute approximate surface area is 253 Å². The molecule has 0 radical (unpaired) electrons. The highest BCUT2D eigenvalue weighted by Gasteiger charge is 2.49. The molecular weight excluding hydrogens is 549 g/mol. The zero-order chi connectivity index (χ0) is 31.6. The zero-order valence-electron chi connectivity index (χ0n) is 30.1. The Morgan fingerprint density at radius 1 is 0.675 bits per heavy atom. The van der Waals surface area contributed by atoms with Crippen molar-refractivity contribution in [3.63, 3.8) is 0 Å². The first-order valence-electron chi connectivity index (χ1n) is 16.0. The molecule has 5 nitrogen and oxygen atoms in total. The molecule has 1 heterocycles. The van der Waals surface area contributed by atoms with Crippen LogP contribution >= 0.6 is 0 Å². The predicted molar refractivity (Wildman–Crippen MR) is 180 cm³/mol. The van der Waals surface area contributed by atoms with E-state index in [2.05, 4.69) is 109 Å². The molecule has 0 unspecified atom stereocenters. The largest absolute Gasteiger partial charge is 0.414 e. The van der Waals surface area contributed by atoms with E-state index >= 15 is 0 Å². The van der Waals surface area contributed by atoms with E-state index in [1.54, 1.807) is 0 Å². The molecule has 0 aromatic rings. The molecule has 0 bridgehead atoms. The average Bonchev–Trinajstić information content (AvgIpc) is 3.02. The second-order valence-electron chi connectivity index (χ2n) is 17.5. The second-order valence-corrected chi connectivity index (χ2v) is 31.8. The van der Waals surface area contributed by atoms with Crippen molar-refractivity contribution >= 4 is 25.0 Å². The van der Waals surface area contributed by atoms with Crippen molar-refractivity contribution in [1.82, 2.24) is 0 Å². The SMILES string of the molecule is C[C@H](CCCCC[C@@H]1OC(C)(C)O[C@@H]1[C@@H](CO[Si](C)(C)C(C)(C)C)O[Si](C)(C)C(C)(C)C)O[Si](C)(C)C(C)(C)C. The van der Waals surface area contributed by atoms with E-state index in [9.17, 15) is 0 Å². The Bertz CT molecular complexity index is 775. The van der Waals surface area contributed by atoms with Crippen LogP contribution in [0, 0.1) is 0 Å². The topological polar surface area (TPSA) is 46.2 Å². The number of rotatable bonds is 14. The minimum atomic E-state index is -2.05. The van der Waals surface area contributed by atoms with Gasteiger partial charge in [0.05, 0.1) is 18.8 Å². The van der Waals surface area contributed by atoms with Gasteiger partial charge in [-0.25, -0.2) is 0 Å².